The van der Waals surface area contributed by atoms with Gasteiger partial charge in [0.2, 0.25) is 0 Å². The van der Waals surface area contributed by atoms with Crippen molar-refractivity contribution in [3.63, 3.8) is 0 Å². The lowest BCUT2D eigenvalue weighted by Crippen LogP contribution is -2.33. The van der Waals surface area contributed by atoms with Crippen molar-refractivity contribution in [1.29, 1.82) is 0 Å². The van der Waals surface area contributed by atoms with Gasteiger partial charge in [0.15, 0.2) is 0 Å². The fraction of sp³-hybridized carbons (Fsp3) is 0.174. The van der Waals surface area contributed by atoms with Crippen molar-refractivity contribution >= 4 is 5.91 Å². The van der Waals surface area contributed by atoms with Crippen LogP contribution < -0.4 is 5.32 Å². The number of carbonyl (C=O) groups is 1. The van der Waals surface area contributed by atoms with Gasteiger partial charge in [0.1, 0.15) is 0 Å². The molecule has 0 heterocycles. The largest absolute Gasteiger partial charge is 0.350 e. The van der Waals surface area contributed by atoms with Gasteiger partial charge in [-0.1, -0.05) is 78.9 Å². The molecule has 0 saturated heterocycles. The van der Waals surface area contributed by atoms with Gasteiger partial charge in [-0.2, -0.15) is 0 Å². The number of carbonyl (C=O) groups excluding carboxylic acids is 1. The zero-order chi connectivity index (χ0) is 17.5. The second-order valence-corrected chi connectivity index (χ2v) is 6.31. The van der Waals surface area contributed by atoms with E-state index in [1.165, 1.54) is 5.56 Å². The predicted octanol–water partition coefficient (Wildman–Crippen LogP) is 5.10. The third-order valence-corrected chi connectivity index (χ3v) is 4.34. The second kappa shape index (κ2) is 8.29. The average Bonchev–Trinajstić information content (AvgIpc) is 2.68. The molecule has 0 saturated carbocycles. The summed E-state index contributed by atoms with van der Waals surface area (Å²) in [4.78, 5) is 12.7. The summed E-state index contributed by atoms with van der Waals surface area (Å²) < 4.78 is 0. The smallest absolute Gasteiger partial charge is 0.252 e. The molecule has 3 aromatic carbocycles. The Hall–Kier alpha value is -2.87. The Balaban J connectivity index is 1.67. The first-order chi connectivity index (χ1) is 12.2. The summed E-state index contributed by atoms with van der Waals surface area (Å²) in [6.07, 6.45) is 1.88. The molecular formula is C23H23NO. The lowest BCUT2D eigenvalue weighted by atomic mass is 9.99. The molecule has 1 amide bonds. The van der Waals surface area contributed by atoms with Gasteiger partial charge in [-0.05, 0) is 42.5 Å². The number of aryl methyl sites for hydroxylation is 1. The molecule has 2 nitrogen and oxygen atoms in total. The van der Waals surface area contributed by atoms with Crippen LogP contribution >= 0.6 is 0 Å². The average molecular weight is 329 g/mol. The van der Waals surface area contributed by atoms with Crippen LogP contribution in [-0.2, 0) is 6.42 Å². The van der Waals surface area contributed by atoms with Gasteiger partial charge >= 0.3 is 0 Å². The minimum atomic E-state index is -0.0139. The van der Waals surface area contributed by atoms with Gasteiger partial charge in [0, 0.05) is 11.6 Å². The third kappa shape index (κ3) is 4.57. The molecule has 3 aromatic rings. The molecule has 0 aromatic heterocycles. The van der Waals surface area contributed by atoms with E-state index in [0.29, 0.717) is 0 Å². The van der Waals surface area contributed by atoms with Crippen molar-refractivity contribution in [1.82, 2.24) is 5.32 Å². The van der Waals surface area contributed by atoms with Crippen LogP contribution in [0.2, 0.25) is 0 Å². The van der Waals surface area contributed by atoms with Crippen LogP contribution in [0.15, 0.2) is 84.9 Å². The monoisotopic (exact) mass is 329 g/mol. The van der Waals surface area contributed by atoms with Crippen LogP contribution in [0.1, 0.15) is 29.3 Å². The molecule has 126 valence electrons. The van der Waals surface area contributed by atoms with Crippen molar-refractivity contribution in [2.45, 2.75) is 25.8 Å². The number of benzene rings is 3. The molecule has 0 radical (unpaired) electrons. The van der Waals surface area contributed by atoms with E-state index in [1.54, 1.807) is 0 Å². The van der Waals surface area contributed by atoms with E-state index < -0.39 is 0 Å². The molecule has 1 N–H and O–H groups in total. The second-order valence-electron chi connectivity index (χ2n) is 6.31. The van der Waals surface area contributed by atoms with E-state index in [0.717, 1.165) is 29.5 Å². The van der Waals surface area contributed by atoms with Crippen molar-refractivity contribution < 1.29 is 4.79 Å². The first kappa shape index (κ1) is 17.0. The zero-order valence-electron chi connectivity index (χ0n) is 14.5. The van der Waals surface area contributed by atoms with Crippen molar-refractivity contribution in [2.24, 2.45) is 0 Å². The molecule has 0 fully saturated rings. The Bertz CT molecular complexity index is 812. The van der Waals surface area contributed by atoms with Crippen LogP contribution in [0.25, 0.3) is 11.1 Å². The van der Waals surface area contributed by atoms with E-state index in [9.17, 15) is 4.79 Å². The van der Waals surface area contributed by atoms with Gasteiger partial charge < -0.3 is 5.32 Å². The highest BCUT2D eigenvalue weighted by Gasteiger charge is 2.14. The lowest BCUT2D eigenvalue weighted by molar-refractivity contribution is 0.0939. The molecule has 0 aliphatic rings. The molecule has 0 aliphatic carbocycles. The summed E-state index contributed by atoms with van der Waals surface area (Å²) in [6.45, 7) is 2.06. The Kier molecular flexibility index (Phi) is 5.63. The van der Waals surface area contributed by atoms with Gasteiger partial charge in [-0.3, -0.25) is 4.79 Å². The number of hydrogen-bond acceptors (Lipinski definition) is 1. The van der Waals surface area contributed by atoms with Crippen LogP contribution in [-0.4, -0.2) is 11.9 Å². The van der Waals surface area contributed by atoms with E-state index in [2.05, 4.69) is 36.5 Å². The lowest BCUT2D eigenvalue weighted by Gasteiger charge is -2.16. The third-order valence-electron chi connectivity index (χ3n) is 4.34. The molecule has 0 bridgehead atoms. The maximum Gasteiger partial charge on any atom is 0.252 e. The number of rotatable bonds is 6. The first-order valence-electron chi connectivity index (χ1n) is 8.73. The molecule has 0 unspecified atom stereocenters. The number of amides is 1. The highest BCUT2D eigenvalue weighted by atomic mass is 16.1. The minimum Gasteiger partial charge on any atom is -0.350 e. The molecular weight excluding hydrogens is 306 g/mol. The van der Waals surface area contributed by atoms with Crippen LogP contribution in [0.3, 0.4) is 0 Å². The van der Waals surface area contributed by atoms with E-state index in [4.69, 9.17) is 0 Å². The Labute approximate surface area is 149 Å². The van der Waals surface area contributed by atoms with Crippen LogP contribution in [0, 0.1) is 0 Å². The fourth-order valence-electron chi connectivity index (χ4n) is 2.95. The molecule has 3 rings (SSSR count). The van der Waals surface area contributed by atoms with Crippen molar-refractivity contribution in [3.8, 4) is 11.1 Å². The Morgan fingerprint density at radius 2 is 1.44 bits per heavy atom. The standard InChI is InChI=1S/C23H23NO/c1-18(16-17-19-10-4-2-5-11-19)24-23(25)22-15-9-8-14-21(22)20-12-6-3-7-13-20/h2-15,18H,16-17H2,1H3,(H,24,25)/t18-/m0/s1. The van der Waals surface area contributed by atoms with Crippen LogP contribution in [0.4, 0.5) is 0 Å². The minimum absolute atomic E-state index is 0.0139. The Morgan fingerprint density at radius 3 is 2.16 bits per heavy atom. The molecule has 25 heavy (non-hydrogen) atoms. The molecule has 2 heteroatoms. The van der Waals surface area contributed by atoms with E-state index >= 15 is 0 Å². The number of nitrogens with one attached hydrogen (secondary N) is 1. The summed E-state index contributed by atoms with van der Waals surface area (Å²) >= 11 is 0. The molecule has 1 atom stereocenters. The van der Waals surface area contributed by atoms with Gasteiger partial charge in [-0.25, -0.2) is 0 Å². The van der Waals surface area contributed by atoms with E-state index in [-0.39, 0.29) is 11.9 Å². The molecule has 0 spiro atoms. The summed E-state index contributed by atoms with van der Waals surface area (Å²) in [5.41, 5.74) is 4.05. The first-order valence-corrected chi connectivity index (χ1v) is 8.73. The van der Waals surface area contributed by atoms with Crippen molar-refractivity contribution in [3.05, 3.63) is 96.1 Å². The summed E-state index contributed by atoms with van der Waals surface area (Å²) in [5.74, 6) is -0.0139. The van der Waals surface area contributed by atoms with Gasteiger partial charge in [0.25, 0.3) is 5.91 Å². The normalized spacial score (nSPS) is 11.7. The van der Waals surface area contributed by atoms with Gasteiger partial charge in [-0.15, -0.1) is 0 Å². The highest BCUT2D eigenvalue weighted by molar-refractivity contribution is 6.01. The van der Waals surface area contributed by atoms with Crippen LogP contribution in [0.5, 0.6) is 0 Å². The fourth-order valence-corrected chi connectivity index (χ4v) is 2.95. The predicted molar refractivity (Wildman–Crippen MR) is 104 cm³/mol. The van der Waals surface area contributed by atoms with Gasteiger partial charge in [0.05, 0.1) is 0 Å². The maximum atomic E-state index is 12.7. The molecule has 0 aliphatic heterocycles. The SMILES string of the molecule is C[C@@H](CCc1ccccc1)NC(=O)c1ccccc1-c1ccccc1. The summed E-state index contributed by atoms with van der Waals surface area (Å²) in [7, 11) is 0. The summed E-state index contributed by atoms with van der Waals surface area (Å²) in [6, 6.07) is 28.3. The highest BCUT2D eigenvalue weighted by Crippen LogP contribution is 2.23. The maximum absolute atomic E-state index is 12.7. The quantitative estimate of drug-likeness (QED) is 0.669. The Morgan fingerprint density at radius 1 is 0.840 bits per heavy atom. The number of hydrogen-bond donors (Lipinski definition) is 1. The summed E-state index contributed by atoms with van der Waals surface area (Å²) in [5, 5.41) is 3.14. The van der Waals surface area contributed by atoms with E-state index in [1.807, 2.05) is 60.7 Å². The topological polar surface area (TPSA) is 29.1 Å². The van der Waals surface area contributed by atoms with Crippen molar-refractivity contribution in [2.75, 3.05) is 0 Å². The zero-order valence-corrected chi connectivity index (χ0v) is 14.5.